The van der Waals surface area contributed by atoms with Crippen molar-refractivity contribution in [2.24, 2.45) is 5.73 Å². The van der Waals surface area contributed by atoms with Crippen LogP contribution < -0.4 is 11.1 Å². The largest absolute Gasteiger partial charge is 0.392 e. The van der Waals surface area contributed by atoms with Gasteiger partial charge in [0.1, 0.15) is 5.82 Å². The maximum atomic E-state index is 13.1. The Morgan fingerprint density at radius 3 is 2.76 bits per heavy atom. The number of hydrogen-bond donors (Lipinski definition) is 2. The van der Waals surface area contributed by atoms with Gasteiger partial charge >= 0.3 is 0 Å². The lowest BCUT2D eigenvalue weighted by molar-refractivity contribution is 0.0945. The molecule has 5 heteroatoms. The summed E-state index contributed by atoms with van der Waals surface area (Å²) in [6, 6.07) is 3.72. The van der Waals surface area contributed by atoms with Crippen LogP contribution >= 0.6 is 12.2 Å². The summed E-state index contributed by atoms with van der Waals surface area (Å²) in [5.41, 5.74) is 6.50. The standard InChI is InChI=1S/C12H15FN2OS/c1-3-10(11(14)17)15-12(16)9-6-8(13)5-4-7(9)2/h4-6,10H,3H2,1-2H3,(H2,14,17)(H,15,16). The molecule has 1 unspecified atom stereocenters. The first kappa shape index (κ1) is 13.6. The molecular formula is C12H15FN2OS. The minimum atomic E-state index is -0.441. The summed E-state index contributed by atoms with van der Waals surface area (Å²) in [5, 5.41) is 2.68. The van der Waals surface area contributed by atoms with Crippen LogP contribution in [0.1, 0.15) is 29.3 Å². The summed E-state index contributed by atoms with van der Waals surface area (Å²) < 4.78 is 13.1. The van der Waals surface area contributed by atoms with E-state index in [4.69, 9.17) is 18.0 Å². The average Bonchev–Trinajstić information content (AvgIpc) is 2.28. The molecule has 0 aliphatic heterocycles. The smallest absolute Gasteiger partial charge is 0.252 e. The number of aryl methyl sites for hydroxylation is 1. The second kappa shape index (κ2) is 5.72. The Bertz CT molecular complexity index is 448. The topological polar surface area (TPSA) is 55.1 Å². The van der Waals surface area contributed by atoms with Gasteiger partial charge in [0.05, 0.1) is 11.0 Å². The first-order valence-corrected chi connectivity index (χ1v) is 5.72. The molecule has 0 bridgehead atoms. The third-order valence-electron chi connectivity index (χ3n) is 2.50. The Morgan fingerprint density at radius 2 is 2.24 bits per heavy atom. The number of nitrogens with two attached hydrogens (primary N) is 1. The van der Waals surface area contributed by atoms with Crippen molar-refractivity contribution < 1.29 is 9.18 Å². The number of carbonyl (C=O) groups excluding carboxylic acids is 1. The Kier molecular flexibility index (Phi) is 4.57. The van der Waals surface area contributed by atoms with E-state index in [2.05, 4.69) is 5.32 Å². The summed E-state index contributed by atoms with van der Waals surface area (Å²) in [4.78, 5) is 12.1. The molecule has 0 saturated heterocycles. The molecule has 1 atom stereocenters. The summed E-state index contributed by atoms with van der Waals surface area (Å²) in [5.74, 6) is -0.800. The molecular weight excluding hydrogens is 239 g/mol. The Morgan fingerprint density at radius 1 is 1.59 bits per heavy atom. The average molecular weight is 254 g/mol. The van der Waals surface area contributed by atoms with Gasteiger partial charge in [0, 0.05) is 5.56 Å². The molecule has 1 rings (SSSR count). The molecule has 0 aliphatic rings. The number of amides is 1. The zero-order valence-electron chi connectivity index (χ0n) is 9.79. The number of rotatable bonds is 4. The van der Waals surface area contributed by atoms with Crippen molar-refractivity contribution in [1.29, 1.82) is 0 Å². The van der Waals surface area contributed by atoms with Crippen LogP contribution in [0.5, 0.6) is 0 Å². The van der Waals surface area contributed by atoms with Crippen LogP contribution in [0.4, 0.5) is 4.39 Å². The fourth-order valence-electron chi connectivity index (χ4n) is 1.45. The molecule has 0 saturated carbocycles. The minimum Gasteiger partial charge on any atom is -0.392 e. The number of thiocarbonyl (C=S) groups is 1. The molecule has 0 spiro atoms. The highest BCUT2D eigenvalue weighted by Crippen LogP contribution is 2.10. The first-order valence-electron chi connectivity index (χ1n) is 5.32. The lowest BCUT2D eigenvalue weighted by atomic mass is 10.1. The van der Waals surface area contributed by atoms with Gasteiger partial charge in [-0.25, -0.2) is 4.39 Å². The van der Waals surface area contributed by atoms with E-state index in [9.17, 15) is 9.18 Å². The van der Waals surface area contributed by atoms with Crippen LogP contribution in [0, 0.1) is 12.7 Å². The molecule has 3 nitrogen and oxygen atoms in total. The van der Waals surface area contributed by atoms with Gasteiger partial charge in [-0.2, -0.15) is 0 Å². The van der Waals surface area contributed by atoms with Crippen molar-refractivity contribution in [3.8, 4) is 0 Å². The molecule has 0 aromatic heterocycles. The van der Waals surface area contributed by atoms with E-state index in [1.807, 2.05) is 6.92 Å². The number of halogens is 1. The van der Waals surface area contributed by atoms with Gasteiger partial charge in [0.2, 0.25) is 0 Å². The van der Waals surface area contributed by atoms with Crippen molar-refractivity contribution in [1.82, 2.24) is 5.32 Å². The van der Waals surface area contributed by atoms with Crippen LogP contribution in [0.3, 0.4) is 0 Å². The maximum absolute atomic E-state index is 13.1. The van der Waals surface area contributed by atoms with Crippen molar-refractivity contribution in [3.05, 3.63) is 35.1 Å². The highest BCUT2D eigenvalue weighted by molar-refractivity contribution is 7.80. The van der Waals surface area contributed by atoms with E-state index < -0.39 is 5.82 Å². The lowest BCUT2D eigenvalue weighted by Crippen LogP contribution is -2.43. The molecule has 17 heavy (non-hydrogen) atoms. The van der Waals surface area contributed by atoms with E-state index in [0.29, 0.717) is 17.5 Å². The molecule has 92 valence electrons. The molecule has 1 aromatic rings. The zero-order chi connectivity index (χ0) is 13.0. The first-order chi connectivity index (χ1) is 7.95. The predicted molar refractivity (Wildman–Crippen MR) is 69.5 cm³/mol. The minimum absolute atomic E-state index is 0.231. The van der Waals surface area contributed by atoms with Gasteiger partial charge in [-0.05, 0) is 31.0 Å². The summed E-state index contributed by atoms with van der Waals surface area (Å²) >= 11 is 4.83. The normalized spacial score (nSPS) is 11.9. The maximum Gasteiger partial charge on any atom is 0.252 e. The summed E-state index contributed by atoms with van der Waals surface area (Å²) in [6.45, 7) is 3.61. The number of benzene rings is 1. The van der Waals surface area contributed by atoms with Crippen molar-refractivity contribution in [2.75, 3.05) is 0 Å². The van der Waals surface area contributed by atoms with Gasteiger partial charge in [-0.1, -0.05) is 25.2 Å². The highest BCUT2D eigenvalue weighted by Gasteiger charge is 2.16. The Labute approximate surface area is 105 Å². The van der Waals surface area contributed by atoms with E-state index in [1.54, 1.807) is 13.0 Å². The second-order valence-electron chi connectivity index (χ2n) is 3.80. The van der Waals surface area contributed by atoms with Crippen LogP contribution in [-0.4, -0.2) is 16.9 Å². The van der Waals surface area contributed by atoms with Gasteiger partial charge in [0.25, 0.3) is 5.91 Å². The second-order valence-corrected chi connectivity index (χ2v) is 4.27. The molecule has 1 amide bonds. The van der Waals surface area contributed by atoms with Crippen molar-refractivity contribution in [2.45, 2.75) is 26.3 Å². The quantitative estimate of drug-likeness (QED) is 0.807. The predicted octanol–water partition coefficient (Wildman–Crippen LogP) is 1.93. The molecule has 1 aromatic carbocycles. The van der Waals surface area contributed by atoms with Gasteiger partial charge in [-0.3, -0.25) is 4.79 Å². The molecule has 0 aliphatic carbocycles. The molecule has 0 radical (unpaired) electrons. The van der Waals surface area contributed by atoms with Gasteiger partial charge in [-0.15, -0.1) is 0 Å². The van der Waals surface area contributed by atoms with E-state index in [1.165, 1.54) is 12.1 Å². The lowest BCUT2D eigenvalue weighted by Gasteiger charge is -2.16. The molecule has 0 heterocycles. The van der Waals surface area contributed by atoms with Crippen LogP contribution in [-0.2, 0) is 0 Å². The van der Waals surface area contributed by atoms with Crippen molar-refractivity contribution in [3.63, 3.8) is 0 Å². The highest BCUT2D eigenvalue weighted by atomic mass is 32.1. The van der Waals surface area contributed by atoms with E-state index >= 15 is 0 Å². The monoisotopic (exact) mass is 254 g/mol. The van der Waals surface area contributed by atoms with Crippen molar-refractivity contribution >= 4 is 23.1 Å². The summed E-state index contributed by atoms with van der Waals surface area (Å²) in [7, 11) is 0. The number of hydrogen-bond acceptors (Lipinski definition) is 2. The number of nitrogens with one attached hydrogen (secondary N) is 1. The fraction of sp³-hybridized carbons (Fsp3) is 0.333. The third-order valence-corrected chi connectivity index (χ3v) is 2.79. The van der Waals surface area contributed by atoms with E-state index in [0.717, 1.165) is 0 Å². The third kappa shape index (κ3) is 3.49. The van der Waals surface area contributed by atoms with Crippen LogP contribution in [0.15, 0.2) is 18.2 Å². The Hall–Kier alpha value is -1.49. The zero-order valence-corrected chi connectivity index (χ0v) is 10.6. The van der Waals surface area contributed by atoms with Gasteiger partial charge < -0.3 is 11.1 Å². The van der Waals surface area contributed by atoms with Gasteiger partial charge in [0.15, 0.2) is 0 Å². The fourth-order valence-corrected chi connectivity index (χ4v) is 1.67. The Balaban J connectivity index is 2.89. The summed E-state index contributed by atoms with van der Waals surface area (Å²) in [6.07, 6.45) is 0.607. The van der Waals surface area contributed by atoms with E-state index in [-0.39, 0.29) is 16.9 Å². The molecule has 3 N–H and O–H groups in total. The van der Waals surface area contributed by atoms with Crippen LogP contribution in [0.2, 0.25) is 0 Å². The van der Waals surface area contributed by atoms with Crippen LogP contribution in [0.25, 0.3) is 0 Å². The SMILES string of the molecule is CCC(NC(=O)c1cc(F)ccc1C)C(N)=S. The number of carbonyl (C=O) groups is 1. The molecule has 0 fully saturated rings.